The molecular formula is C11H16N4O3S. The average Bonchev–Trinajstić information content (AvgIpc) is 2.38. The monoisotopic (exact) mass is 284 g/mol. The highest BCUT2D eigenvalue weighted by Gasteiger charge is 2.16. The largest absolute Gasteiger partial charge is 0.367 e. The standard InChI is InChI=1S/C11H16N4O3S/c1-19(17,18)13-11-3-2-10(8-12-11)15-6-4-14(9-16)5-7-15/h2-3,8-9H,4-7H2,1H3,(H,12,13). The van der Waals surface area contributed by atoms with Gasteiger partial charge in [-0.05, 0) is 12.1 Å². The number of piperazine rings is 1. The number of hydrogen-bond donors (Lipinski definition) is 1. The maximum Gasteiger partial charge on any atom is 0.230 e. The van der Waals surface area contributed by atoms with Gasteiger partial charge >= 0.3 is 0 Å². The lowest BCUT2D eigenvalue weighted by atomic mass is 10.3. The van der Waals surface area contributed by atoms with Crippen LogP contribution in [-0.4, -0.2) is 57.1 Å². The molecule has 1 amide bonds. The van der Waals surface area contributed by atoms with Crippen molar-refractivity contribution in [2.45, 2.75) is 0 Å². The van der Waals surface area contributed by atoms with Gasteiger partial charge in [0.1, 0.15) is 5.82 Å². The third kappa shape index (κ3) is 3.82. The highest BCUT2D eigenvalue weighted by molar-refractivity contribution is 7.92. The van der Waals surface area contributed by atoms with Crippen molar-refractivity contribution in [2.24, 2.45) is 0 Å². The highest BCUT2D eigenvalue weighted by Crippen LogP contribution is 2.17. The quantitative estimate of drug-likeness (QED) is 0.770. The van der Waals surface area contributed by atoms with E-state index in [-0.39, 0.29) is 0 Å². The molecule has 8 heteroatoms. The summed E-state index contributed by atoms with van der Waals surface area (Å²) >= 11 is 0. The number of carbonyl (C=O) groups excluding carboxylic acids is 1. The number of nitrogens with zero attached hydrogens (tertiary/aromatic N) is 3. The van der Waals surface area contributed by atoms with Crippen LogP contribution in [0.15, 0.2) is 18.3 Å². The second kappa shape index (κ2) is 5.43. The van der Waals surface area contributed by atoms with Gasteiger partial charge in [0.25, 0.3) is 0 Å². The topological polar surface area (TPSA) is 82.6 Å². The van der Waals surface area contributed by atoms with Crippen molar-refractivity contribution in [1.29, 1.82) is 0 Å². The summed E-state index contributed by atoms with van der Waals surface area (Å²) in [5.41, 5.74) is 0.921. The number of amides is 1. The second-order valence-electron chi connectivity index (χ2n) is 4.40. The van der Waals surface area contributed by atoms with Gasteiger partial charge in [-0.1, -0.05) is 0 Å². The molecule has 7 nitrogen and oxygen atoms in total. The van der Waals surface area contributed by atoms with Crippen LogP contribution in [0.25, 0.3) is 0 Å². The van der Waals surface area contributed by atoms with E-state index in [9.17, 15) is 13.2 Å². The molecule has 0 atom stereocenters. The number of pyridine rings is 1. The van der Waals surface area contributed by atoms with E-state index < -0.39 is 10.0 Å². The first-order chi connectivity index (χ1) is 8.98. The van der Waals surface area contributed by atoms with Crippen LogP contribution in [0.3, 0.4) is 0 Å². The Balaban J connectivity index is 2.01. The Morgan fingerprint density at radius 2 is 1.95 bits per heavy atom. The number of nitrogens with one attached hydrogen (secondary N) is 1. The summed E-state index contributed by atoms with van der Waals surface area (Å²) in [5, 5.41) is 0. The van der Waals surface area contributed by atoms with E-state index in [1.165, 1.54) is 0 Å². The van der Waals surface area contributed by atoms with Crippen LogP contribution in [0.1, 0.15) is 0 Å². The van der Waals surface area contributed by atoms with Crippen molar-refractivity contribution in [1.82, 2.24) is 9.88 Å². The Bertz CT molecular complexity index is 536. The van der Waals surface area contributed by atoms with Crippen molar-refractivity contribution in [2.75, 3.05) is 42.1 Å². The second-order valence-corrected chi connectivity index (χ2v) is 6.15. The first kappa shape index (κ1) is 13.6. The molecule has 1 aromatic heterocycles. The molecule has 0 aliphatic carbocycles. The molecule has 1 fully saturated rings. The van der Waals surface area contributed by atoms with Crippen molar-refractivity contribution in [3.8, 4) is 0 Å². The molecule has 19 heavy (non-hydrogen) atoms. The zero-order valence-electron chi connectivity index (χ0n) is 10.6. The molecule has 1 N–H and O–H groups in total. The van der Waals surface area contributed by atoms with Gasteiger partial charge < -0.3 is 9.80 Å². The zero-order valence-corrected chi connectivity index (χ0v) is 11.4. The lowest BCUT2D eigenvalue weighted by Crippen LogP contribution is -2.45. The fraction of sp³-hybridized carbons (Fsp3) is 0.455. The van der Waals surface area contributed by atoms with Gasteiger partial charge in [-0.15, -0.1) is 0 Å². The number of aromatic nitrogens is 1. The van der Waals surface area contributed by atoms with E-state index in [0.29, 0.717) is 18.9 Å². The molecule has 0 saturated carbocycles. The summed E-state index contributed by atoms with van der Waals surface area (Å²) in [6.07, 6.45) is 3.57. The van der Waals surface area contributed by atoms with E-state index in [2.05, 4.69) is 14.6 Å². The van der Waals surface area contributed by atoms with Gasteiger partial charge in [0.05, 0.1) is 18.1 Å². The van der Waals surface area contributed by atoms with Gasteiger partial charge in [-0.3, -0.25) is 9.52 Å². The summed E-state index contributed by atoms with van der Waals surface area (Å²) < 4.78 is 24.4. The first-order valence-corrected chi connectivity index (χ1v) is 7.75. The Hall–Kier alpha value is -1.83. The minimum atomic E-state index is -3.30. The Labute approximate surface area is 112 Å². The molecule has 0 aromatic carbocycles. The summed E-state index contributed by atoms with van der Waals surface area (Å²) in [7, 11) is -3.30. The van der Waals surface area contributed by atoms with Crippen molar-refractivity contribution in [3.05, 3.63) is 18.3 Å². The van der Waals surface area contributed by atoms with Gasteiger partial charge in [-0.25, -0.2) is 13.4 Å². The number of carbonyl (C=O) groups is 1. The fourth-order valence-corrected chi connectivity index (χ4v) is 2.41. The molecular weight excluding hydrogens is 268 g/mol. The predicted molar refractivity (Wildman–Crippen MR) is 72.6 cm³/mol. The van der Waals surface area contributed by atoms with Crippen LogP contribution in [-0.2, 0) is 14.8 Å². The van der Waals surface area contributed by atoms with E-state index in [4.69, 9.17) is 0 Å². The van der Waals surface area contributed by atoms with Crippen LogP contribution < -0.4 is 9.62 Å². The summed E-state index contributed by atoms with van der Waals surface area (Å²) in [6.45, 7) is 2.87. The normalized spacial score (nSPS) is 16.3. The Morgan fingerprint density at radius 1 is 1.26 bits per heavy atom. The van der Waals surface area contributed by atoms with E-state index in [0.717, 1.165) is 31.4 Å². The molecule has 0 bridgehead atoms. The van der Waals surface area contributed by atoms with Gasteiger partial charge in [0.2, 0.25) is 16.4 Å². The molecule has 2 rings (SSSR count). The molecule has 0 spiro atoms. The molecule has 2 heterocycles. The third-order valence-corrected chi connectivity index (χ3v) is 3.45. The lowest BCUT2D eigenvalue weighted by Gasteiger charge is -2.33. The van der Waals surface area contributed by atoms with Crippen molar-refractivity contribution in [3.63, 3.8) is 0 Å². The SMILES string of the molecule is CS(=O)(=O)Nc1ccc(N2CCN(C=O)CC2)cn1. The first-order valence-electron chi connectivity index (χ1n) is 5.86. The predicted octanol–water partition coefficient (Wildman–Crippen LogP) is -0.268. The molecule has 1 aliphatic heterocycles. The van der Waals surface area contributed by atoms with Gasteiger partial charge in [0.15, 0.2) is 0 Å². The molecule has 1 saturated heterocycles. The number of sulfonamides is 1. The van der Waals surface area contributed by atoms with E-state index >= 15 is 0 Å². The fourth-order valence-electron chi connectivity index (χ4n) is 1.91. The maximum atomic E-state index is 11.1. The van der Waals surface area contributed by atoms with Gasteiger partial charge in [0, 0.05) is 26.2 Å². The third-order valence-electron chi connectivity index (χ3n) is 2.87. The Kier molecular flexibility index (Phi) is 3.89. The van der Waals surface area contributed by atoms with E-state index in [1.54, 1.807) is 17.2 Å². The molecule has 0 radical (unpaired) electrons. The highest BCUT2D eigenvalue weighted by atomic mass is 32.2. The van der Waals surface area contributed by atoms with E-state index in [1.807, 2.05) is 6.07 Å². The van der Waals surface area contributed by atoms with Crippen LogP contribution in [0.5, 0.6) is 0 Å². The Morgan fingerprint density at radius 3 is 2.42 bits per heavy atom. The number of anilines is 2. The van der Waals surface area contributed by atoms with Crippen LogP contribution >= 0.6 is 0 Å². The van der Waals surface area contributed by atoms with Crippen LogP contribution in [0, 0.1) is 0 Å². The smallest absolute Gasteiger partial charge is 0.230 e. The molecule has 1 aromatic rings. The summed E-state index contributed by atoms with van der Waals surface area (Å²) in [5.74, 6) is 0.303. The van der Waals surface area contributed by atoms with Crippen LogP contribution in [0.2, 0.25) is 0 Å². The average molecular weight is 284 g/mol. The minimum Gasteiger partial charge on any atom is -0.367 e. The lowest BCUT2D eigenvalue weighted by molar-refractivity contribution is -0.118. The summed E-state index contributed by atoms with van der Waals surface area (Å²) in [6, 6.07) is 3.44. The molecule has 1 aliphatic rings. The number of hydrogen-bond acceptors (Lipinski definition) is 5. The van der Waals surface area contributed by atoms with Gasteiger partial charge in [-0.2, -0.15) is 0 Å². The molecule has 104 valence electrons. The maximum absolute atomic E-state index is 11.1. The minimum absolute atomic E-state index is 0.303. The summed E-state index contributed by atoms with van der Waals surface area (Å²) in [4.78, 5) is 18.5. The van der Waals surface area contributed by atoms with Crippen molar-refractivity contribution >= 4 is 27.9 Å². The zero-order chi connectivity index (χ0) is 13.9. The number of rotatable bonds is 4. The van der Waals surface area contributed by atoms with Crippen molar-refractivity contribution < 1.29 is 13.2 Å². The molecule has 0 unspecified atom stereocenters. The van der Waals surface area contributed by atoms with Crippen LogP contribution in [0.4, 0.5) is 11.5 Å².